The van der Waals surface area contributed by atoms with Gasteiger partial charge in [-0.1, -0.05) is 69.0 Å². The number of rotatable bonds is 7. The monoisotopic (exact) mass is 319 g/mol. The summed E-state index contributed by atoms with van der Waals surface area (Å²) in [5.74, 6) is 0.865. The van der Waals surface area contributed by atoms with Crippen LogP contribution < -0.4 is 0 Å². The highest BCUT2D eigenvalue weighted by Crippen LogP contribution is 2.37. The van der Waals surface area contributed by atoms with E-state index in [0.29, 0.717) is 11.8 Å². The van der Waals surface area contributed by atoms with Crippen molar-refractivity contribution in [2.75, 3.05) is 0 Å². The second kappa shape index (κ2) is 8.10. The molecule has 0 aromatic heterocycles. The van der Waals surface area contributed by atoms with Crippen molar-refractivity contribution in [3.05, 3.63) is 84.5 Å². The predicted octanol–water partition coefficient (Wildman–Crippen LogP) is 6.35. The highest BCUT2D eigenvalue weighted by Gasteiger charge is 2.28. The summed E-state index contributed by atoms with van der Waals surface area (Å²) in [7, 11) is 0. The van der Waals surface area contributed by atoms with Crippen LogP contribution in [0.2, 0.25) is 0 Å². The molecule has 0 N–H and O–H groups in total. The normalized spacial score (nSPS) is 19.9. The number of aliphatic imine (C=N–C) groups is 1. The fourth-order valence-corrected chi connectivity index (χ4v) is 3.35. The van der Waals surface area contributed by atoms with Crippen LogP contribution in [0.15, 0.2) is 72.8 Å². The molecular formula is C23H29N. The molecule has 0 spiro atoms. The molecule has 126 valence electrons. The van der Waals surface area contributed by atoms with Crippen LogP contribution in [-0.4, -0.2) is 11.8 Å². The van der Waals surface area contributed by atoms with Crippen LogP contribution in [0.4, 0.5) is 0 Å². The lowest BCUT2D eigenvalue weighted by Crippen LogP contribution is -2.24. The van der Waals surface area contributed by atoms with E-state index in [1.807, 2.05) is 25.2 Å². The van der Waals surface area contributed by atoms with Gasteiger partial charge in [0.1, 0.15) is 0 Å². The average molecular weight is 319 g/mol. The Morgan fingerprint density at radius 2 is 2.04 bits per heavy atom. The quantitative estimate of drug-likeness (QED) is 0.410. The molecule has 0 fully saturated rings. The zero-order valence-electron chi connectivity index (χ0n) is 15.3. The van der Waals surface area contributed by atoms with Gasteiger partial charge < -0.3 is 0 Å². The Bertz CT molecular complexity index is 688. The van der Waals surface area contributed by atoms with Crippen LogP contribution in [0.25, 0.3) is 0 Å². The van der Waals surface area contributed by atoms with E-state index in [1.165, 1.54) is 22.3 Å². The molecule has 2 unspecified atom stereocenters. The molecule has 0 radical (unpaired) electrons. The van der Waals surface area contributed by atoms with Gasteiger partial charge in [-0.25, -0.2) is 0 Å². The third-order valence-corrected chi connectivity index (χ3v) is 4.73. The maximum atomic E-state index is 4.87. The van der Waals surface area contributed by atoms with Crippen molar-refractivity contribution in [3.8, 4) is 0 Å². The first-order valence-corrected chi connectivity index (χ1v) is 8.79. The Hall–Kier alpha value is -2.15. The number of fused-ring (bicyclic) bond motifs is 1. The van der Waals surface area contributed by atoms with Crippen LogP contribution in [0.3, 0.4) is 0 Å². The third kappa shape index (κ3) is 3.84. The minimum absolute atomic E-state index is 0.103. The van der Waals surface area contributed by atoms with Crippen molar-refractivity contribution in [2.45, 2.75) is 51.5 Å². The lowest BCUT2D eigenvalue weighted by atomic mass is 9.79. The molecule has 0 saturated carbocycles. The first kappa shape index (κ1) is 18.2. The standard InChI is InChI=1S/C23H29N/c1-7-10-17(6)11-13-19-21-15-18(16(4)5)12-14-20(21)23(9-3)24-22(19)8-2/h7-10,12,14-16,19,22H,2-3,6,11,13H2,1,4-5H3/b10-7-. The molecule has 1 heterocycles. The van der Waals surface area contributed by atoms with E-state index < -0.39 is 0 Å². The molecule has 1 heteroatoms. The van der Waals surface area contributed by atoms with E-state index in [4.69, 9.17) is 4.99 Å². The molecular weight excluding hydrogens is 290 g/mol. The Morgan fingerprint density at radius 1 is 1.29 bits per heavy atom. The van der Waals surface area contributed by atoms with Crippen molar-refractivity contribution in [2.24, 2.45) is 4.99 Å². The Labute approximate surface area is 147 Å². The average Bonchev–Trinajstić information content (AvgIpc) is 2.58. The summed E-state index contributed by atoms with van der Waals surface area (Å²) in [6.07, 6.45) is 9.98. The molecule has 24 heavy (non-hydrogen) atoms. The largest absolute Gasteiger partial charge is 0.277 e. The van der Waals surface area contributed by atoms with Gasteiger partial charge in [-0.3, -0.25) is 4.99 Å². The lowest BCUT2D eigenvalue weighted by Gasteiger charge is -2.30. The van der Waals surface area contributed by atoms with E-state index in [2.05, 4.69) is 57.9 Å². The summed E-state index contributed by atoms with van der Waals surface area (Å²) in [6, 6.07) is 6.88. The zero-order valence-corrected chi connectivity index (χ0v) is 15.3. The molecule has 1 aromatic carbocycles. The van der Waals surface area contributed by atoms with Gasteiger partial charge in [0.25, 0.3) is 0 Å². The van der Waals surface area contributed by atoms with E-state index in [0.717, 1.165) is 18.6 Å². The van der Waals surface area contributed by atoms with E-state index in [1.54, 1.807) is 0 Å². The van der Waals surface area contributed by atoms with E-state index in [-0.39, 0.29) is 6.04 Å². The summed E-state index contributed by atoms with van der Waals surface area (Å²) in [4.78, 5) is 4.87. The van der Waals surface area contributed by atoms with E-state index >= 15 is 0 Å². The summed E-state index contributed by atoms with van der Waals surface area (Å²) < 4.78 is 0. The van der Waals surface area contributed by atoms with Crippen LogP contribution >= 0.6 is 0 Å². The van der Waals surface area contributed by atoms with Crippen molar-refractivity contribution in [3.63, 3.8) is 0 Å². The van der Waals surface area contributed by atoms with Crippen LogP contribution in [0.1, 0.15) is 62.1 Å². The molecule has 0 amide bonds. The lowest BCUT2D eigenvalue weighted by molar-refractivity contribution is 0.559. The first-order valence-electron chi connectivity index (χ1n) is 8.79. The highest BCUT2D eigenvalue weighted by atomic mass is 14.8. The van der Waals surface area contributed by atoms with Gasteiger partial charge in [0.05, 0.1) is 11.8 Å². The predicted molar refractivity (Wildman–Crippen MR) is 107 cm³/mol. The SMILES string of the molecule is C=CC1=NC(C=C)C(CCC(=C)/C=C\C)c2cc(C(C)C)ccc21. The van der Waals surface area contributed by atoms with Gasteiger partial charge in [-0.15, -0.1) is 6.58 Å². The first-order chi connectivity index (χ1) is 11.5. The van der Waals surface area contributed by atoms with Gasteiger partial charge in [-0.05, 0) is 42.9 Å². The second-order valence-electron chi connectivity index (χ2n) is 6.75. The maximum Gasteiger partial charge on any atom is 0.0753 e. The minimum Gasteiger partial charge on any atom is -0.277 e. The maximum absolute atomic E-state index is 4.87. The number of benzene rings is 1. The zero-order chi connectivity index (χ0) is 17.7. The topological polar surface area (TPSA) is 12.4 Å². The fourth-order valence-electron chi connectivity index (χ4n) is 3.35. The molecule has 1 nitrogen and oxygen atoms in total. The fraction of sp³-hybridized carbons (Fsp3) is 0.348. The molecule has 0 bridgehead atoms. The van der Waals surface area contributed by atoms with Gasteiger partial charge in [0, 0.05) is 11.5 Å². The van der Waals surface area contributed by atoms with Gasteiger partial charge in [-0.2, -0.15) is 0 Å². The summed E-state index contributed by atoms with van der Waals surface area (Å²) in [6.45, 7) is 18.6. The summed E-state index contributed by atoms with van der Waals surface area (Å²) >= 11 is 0. The number of hydrogen-bond donors (Lipinski definition) is 0. The van der Waals surface area contributed by atoms with Crippen LogP contribution in [-0.2, 0) is 0 Å². The van der Waals surface area contributed by atoms with Gasteiger partial charge in [0.2, 0.25) is 0 Å². The Morgan fingerprint density at radius 3 is 2.62 bits per heavy atom. The van der Waals surface area contributed by atoms with Crippen molar-refractivity contribution < 1.29 is 0 Å². The summed E-state index contributed by atoms with van der Waals surface area (Å²) in [5, 5.41) is 0. The Balaban J connectivity index is 2.43. The molecule has 1 aliphatic rings. The van der Waals surface area contributed by atoms with Crippen molar-refractivity contribution in [1.82, 2.24) is 0 Å². The van der Waals surface area contributed by atoms with Crippen molar-refractivity contribution >= 4 is 5.71 Å². The Kier molecular flexibility index (Phi) is 6.14. The molecule has 0 saturated heterocycles. The number of allylic oxidation sites excluding steroid dienone is 4. The summed E-state index contributed by atoms with van der Waals surface area (Å²) in [5.41, 5.74) is 6.12. The van der Waals surface area contributed by atoms with Crippen molar-refractivity contribution in [1.29, 1.82) is 0 Å². The number of hydrogen-bond acceptors (Lipinski definition) is 1. The van der Waals surface area contributed by atoms with Gasteiger partial charge in [0.15, 0.2) is 0 Å². The third-order valence-electron chi connectivity index (χ3n) is 4.73. The van der Waals surface area contributed by atoms with E-state index in [9.17, 15) is 0 Å². The molecule has 0 aliphatic carbocycles. The highest BCUT2D eigenvalue weighted by molar-refractivity contribution is 6.10. The smallest absolute Gasteiger partial charge is 0.0753 e. The van der Waals surface area contributed by atoms with Crippen LogP contribution in [0.5, 0.6) is 0 Å². The molecule has 1 aliphatic heterocycles. The second-order valence-corrected chi connectivity index (χ2v) is 6.75. The minimum atomic E-state index is 0.103. The van der Waals surface area contributed by atoms with Crippen LogP contribution in [0, 0.1) is 0 Å². The molecule has 1 aromatic rings. The number of nitrogens with zero attached hydrogens (tertiary/aromatic N) is 1. The molecule has 2 atom stereocenters. The molecule has 2 rings (SSSR count). The van der Waals surface area contributed by atoms with Gasteiger partial charge >= 0.3 is 0 Å².